The summed E-state index contributed by atoms with van der Waals surface area (Å²) in [5.41, 5.74) is 3.22. The lowest BCUT2D eigenvalue weighted by Crippen LogP contribution is -2.37. The summed E-state index contributed by atoms with van der Waals surface area (Å²) in [5.74, 6) is 0.572. The molecule has 0 fully saturated rings. The second-order valence-electron chi connectivity index (χ2n) is 6.06. The molecule has 0 aromatic carbocycles. The van der Waals surface area contributed by atoms with Crippen LogP contribution in [0.4, 0.5) is 10.2 Å². The number of aromatic amines is 1. The number of hydrogen-bond acceptors (Lipinski definition) is 4. The van der Waals surface area contributed by atoms with Gasteiger partial charge in [0, 0.05) is 31.1 Å². The third-order valence-corrected chi connectivity index (χ3v) is 4.62. The van der Waals surface area contributed by atoms with Gasteiger partial charge in [-0.2, -0.15) is 5.10 Å². The number of H-pyrrole nitrogens is 1. The Morgan fingerprint density at radius 2 is 2.12 bits per heavy atom. The molecular weight excluding hydrogens is 319 g/mol. The Hall–Kier alpha value is -3.22. The third-order valence-electron chi connectivity index (χ3n) is 4.62. The van der Waals surface area contributed by atoms with Gasteiger partial charge in [0.15, 0.2) is 0 Å². The van der Waals surface area contributed by atoms with Gasteiger partial charge in [0.1, 0.15) is 23.2 Å². The number of pyridine rings is 2. The molecule has 0 saturated carbocycles. The molecule has 1 aliphatic rings. The normalized spacial score (nSPS) is 17.0. The summed E-state index contributed by atoms with van der Waals surface area (Å²) in [6, 6.07) is 10.5. The van der Waals surface area contributed by atoms with Crippen LogP contribution < -0.4 is 4.90 Å². The van der Waals surface area contributed by atoms with Crippen LogP contribution in [0.25, 0.3) is 5.52 Å². The molecule has 0 spiro atoms. The van der Waals surface area contributed by atoms with Gasteiger partial charge in [0.25, 0.3) is 0 Å². The monoisotopic (exact) mass is 334 g/mol. The Bertz CT molecular complexity index is 1040. The van der Waals surface area contributed by atoms with Crippen LogP contribution in [0.3, 0.4) is 0 Å². The molecular formula is C18H15FN6. The van der Waals surface area contributed by atoms with Crippen LogP contribution in [-0.4, -0.2) is 31.1 Å². The molecule has 5 rings (SSSR count). The minimum absolute atomic E-state index is 0.204. The highest BCUT2D eigenvalue weighted by molar-refractivity contribution is 5.54. The molecule has 0 saturated heterocycles. The maximum atomic E-state index is 14.1. The Balaban J connectivity index is 1.70. The first-order valence-corrected chi connectivity index (χ1v) is 8.15. The third kappa shape index (κ3) is 2.20. The SMILES string of the molecule is Fc1cccn2nc(C3c4nc[nH]c4CCN3c3ccccn3)cc12. The molecule has 1 atom stereocenters. The quantitative estimate of drug-likeness (QED) is 0.612. The minimum atomic E-state index is -0.288. The number of imidazole rings is 1. The van der Waals surface area contributed by atoms with Gasteiger partial charge in [-0.3, -0.25) is 0 Å². The highest BCUT2D eigenvalue weighted by Gasteiger charge is 2.33. The fourth-order valence-corrected chi connectivity index (χ4v) is 3.48. The Labute approximate surface area is 143 Å². The van der Waals surface area contributed by atoms with Crippen molar-refractivity contribution < 1.29 is 4.39 Å². The van der Waals surface area contributed by atoms with Crippen molar-refractivity contribution in [1.29, 1.82) is 0 Å². The van der Waals surface area contributed by atoms with Crippen molar-refractivity contribution in [3.63, 3.8) is 0 Å². The standard InChI is InChI=1S/C18H15FN6/c19-12-4-3-8-25-15(12)10-14(23-25)18-17-13(21-11-22-17)6-9-24(18)16-5-1-2-7-20-16/h1-5,7-8,10-11,18H,6,9H2,(H,21,22). The average molecular weight is 334 g/mol. The van der Waals surface area contributed by atoms with Gasteiger partial charge in [-0.1, -0.05) is 6.07 Å². The second kappa shape index (κ2) is 5.41. The van der Waals surface area contributed by atoms with Crippen LogP contribution in [0.15, 0.2) is 55.1 Å². The predicted octanol–water partition coefficient (Wildman–Crippen LogP) is 2.74. The number of rotatable bonds is 2. The molecule has 5 heterocycles. The van der Waals surface area contributed by atoms with Gasteiger partial charge in [0.05, 0.1) is 17.7 Å². The van der Waals surface area contributed by atoms with Crippen molar-refractivity contribution in [2.24, 2.45) is 0 Å². The van der Waals surface area contributed by atoms with E-state index in [2.05, 4.69) is 25.0 Å². The molecule has 25 heavy (non-hydrogen) atoms. The molecule has 0 radical (unpaired) electrons. The topological polar surface area (TPSA) is 62.1 Å². The van der Waals surface area contributed by atoms with Crippen molar-refractivity contribution in [2.75, 3.05) is 11.4 Å². The first-order chi connectivity index (χ1) is 12.3. The number of nitrogens with zero attached hydrogens (tertiary/aromatic N) is 5. The maximum Gasteiger partial charge on any atom is 0.148 e. The molecule has 1 N–H and O–H groups in total. The van der Waals surface area contributed by atoms with E-state index in [-0.39, 0.29) is 11.9 Å². The van der Waals surface area contributed by atoms with Crippen molar-refractivity contribution >= 4 is 11.3 Å². The molecule has 124 valence electrons. The highest BCUT2D eigenvalue weighted by atomic mass is 19.1. The zero-order valence-corrected chi connectivity index (χ0v) is 13.3. The van der Waals surface area contributed by atoms with Crippen molar-refractivity contribution in [3.8, 4) is 0 Å². The van der Waals surface area contributed by atoms with Crippen molar-refractivity contribution in [2.45, 2.75) is 12.5 Å². The molecule has 1 aliphatic heterocycles. The molecule has 0 bridgehead atoms. The van der Waals surface area contributed by atoms with E-state index >= 15 is 0 Å². The van der Waals surface area contributed by atoms with Crippen LogP contribution in [0.5, 0.6) is 0 Å². The van der Waals surface area contributed by atoms with Crippen molar-refractivity contribution in [1.82, 2.24) is 24.6 Å². The number of halogens is 1. The van der Waals surface area contributed by atoms with Gasteiger partial charge in [-0.05, 0) is 30.3 Å². The van der Waals surface area contributed by atoms with E-state index in [0.717, 1.165) is 35.9 Å². The maximum absolute atomic E-state index is 14.1. The smallest absolute Gasteiger partial charge is 0.148 e. The van der Waals surface area contributed by atoms with E-state index in [0.29, 0.717) is 5.52 Å². The summed E-state index contributed by atoms with van der Waals surface area (Å²) < 4.78 is 15.7. The highest BCUT2D eigenvalue weighted by Crippen LogP contribution is 2.35. The van der Waals surface area contributed by atoms with E-state index in [4.69, 9.17) is 0 Å². The van der Waals surface area contributed by atoms with Gasteiger partial charge in [0.2, 0.25) is 0 Å². The lowest BCUT2D eigenvalue weighted by molar-refractivity contribution is 0.609. The number of fused-ring (bicyclic) bond motifs is 2. The Morgan fingerprint density at radius 3 is 2.96 bits per heavy atom. The lowest BCUT2D eigenvalue weighted by Gasteiger charge is -2.34. The van der Waals surface area contributed by atoms with E-state index in [1.807, 2.05) is 18.2 Å². The molecule has 7 heteroatoms. The fraction of sp³-hybridized carbons (Fsp3) is 0.167. The van der Waals surface area contributed by atoms with Gasteiger partial charge in [-0.25, -0.2) is 18.9 Å². The van der Waals surface area contributed by atoms with Crippen LogP contribution >= 0.6 is 0 Å². The fourth-order valence-electron chi connectivity index (χ4n) is 3.48. The van der Waals surface area contributed by atoms with Crippen LogP contribution in [0.2, 0.25) is 0 Å². The summed E-state index contributed by atoms with van der Waals surface area (Å²) in [5, 5.41) is 4.60. The summed E-state index contributed by atoms with van der Waals surface area (Å²) in [4.78, 5) is 14.4. The zero-order chi connectivity index (χ0) is 16.8. The predicted molar refractivity (Wildman–Crippen MR) is 90.9 cm³/mol. The molecule has 6 nitrogen and oxygen atoms in total. The zero-order valence-electron chi connectivity index (χ0n) is 13.3. The van der Waals surface area contributed by atoms with E-state index < -0.39 is 0 Å². The van der Waals surface area contributed by atoms with Gasteiger partial charge >= 0.3 is 0 Å². The first-order valence-electron chi connectivity index (χ1n) is 8.15. The van der Waals surface area contributed by atoms with Crippen molar-refractivity contribution in [3.05, 3.63) is 78.0 Å². The van der Waals surface area contributed by atoms with E-state index in [9.17, 15) is 4.39 Å². The minimum Gasteiger partial charge on any atom is -0.348 e. The number of anilines is 1. The summed E-state index contributed by atoms with van der Waals surface area (Å²) in [6.07, 6.45) is 6.08. The second-order valence-corrected chi connectivity index (χ2v) is 6.06. The summed E-state index contributed by atoms with van der Waals surface area (Å²) in [7, 11) is 0. The Morgan fingerprint density at radius 1 is 1.16 bits per heavy atom. The first kappa shape index (κ1) is 14.2. The number of hydrogen-bond donors (Lipinski definition) is 1. The summed E-state index contributed by atoms with van der Waals surface area (Å²) in [6.45, 7) is 0.785. The lowest BCUT2D eigenvalue weighted by atomic mass is 9.99. The van der Waals surface area contributed by atoms with E-state index in [1.165, 1.54) is 6.07 Å². The van der Waals surface area contributed by atoms with Gasteiger partial charge < -0.3 is 9.88 Å². The molecule has 0 amide bonds. The average Bonchev–Trinajstić information content (AvgIpc) is 3.29. The van der Waals surface area contributed by atoms with Crippen LogP contribution in [0, 0.1) is 5.82 Å². The molecule has 1 unspecified atom stereocenters. The van der Waals surface area contributed by atoms with Gasteiger partial charge in [-0.15, -0.1) is 0 Å². The van der Waals surface area contributed by atoms with Crippen LogP contribution in [-0.2, 0) is 6.42 Å². The summed E-state index contributed by atoms with van der Waals surface area (Å²) >= 11 is 0. The number of nitrogens with one attached hydrogen (secondary N) is 1. The molecule has 4 aromatic rings. The molecule has 4 aromatic heterocycles. The Kier molecular flexibility index (Phi) is 3.06. The number of aromatic nitrogens is 5. The molecule has 0 aliphatic carbocycles. The van der Waals surface area contributed by atoms with E-state index in [1.54, 1.807) is 35.4 Å². The largest absolute Gasteiger partial charge is 0.348 e. The van der Waals surface area contributed by atoms with Crippen LogP contribution in [0.1, 0.15) is 23.1 Å².